The van der Waals surface area contributed by atoms with E-state index in [9.17, 15) is 5.11 Å². The zero-order valence-electron chi connectivity index (χ0n) is 14.6. The average Bonchev–Trinajstić information content (AvgIpc) is 2.94. The molecule has 0 saturated heterocycles. The molecule has 0 aliphatic heterocycles. The Balaban J connectivity index is 1.79. The molecule has 3 rings (SSSR count). The molecule has 2 heterocycles. The van der Waals surface area contributed by atoms with Crippen LogP contribution in [-0.4, -0.2) is 37.9 Å². The summed E-state index contributed by atoms with van der Waals surface area (Å²) in [5.41, 5.74) is 7.97. The van der Waals surface area contributed by atoms with E-state index in [1.807, 2.05) is 32.2 Å². The van der Waals surface area contributed by atoms with Crippen LogP contribution in [0.15, 0.2) is 42.7 Å². The number of nitrogen functional groups attached to an aromatic ring is 1. The molecule has 1 unspecified atom stereocenters. The van der Waals surface area contributed by atoms with Crippen LogP contribution in [0.2, 0.25) is 0 Å². The Kier molecular flexibility index (Phi) is 4.56. The van der Waals surface area contributed by atoms with E-state index in [4.69, 9.17) is 5.73 Å². The van der Waals surface area contributed by atoms with Crippen LogP contribution in [0.3, 0.4) is 0 Å². The number of rotatable bonds is 5. The highest BCUT2D eigenvalue weighted by molar-refractivity contribution is 5.47. The minimum Gasteiger partial charge on any atom is -0.508 e. The van der Waals surface area contributed by atoms with Crippen molar-refractivity contribution in [2.45, 2.75) is 26.3 Å². The Morgan fingerprint density at radius 3 is 2.56 bits per heavy atom. The SMILES string of the molecule is Cc1cc(N)n(-c2cc(N(C)C(C)Cc3ccc(O)cc3)ncn2)n1. The summed E-state index contributed by atoms with van der Waals surface area (Å²) in [6.07, 6.45) is 2.35. The second-order valence-corrected chi connectivity index (χ2v) is 6.19. The third-order valence-corrected chi connectivity index (χ3v) is 4.20. The number of anilines is 2. The minimum atomic E-state index is 0.212. The van der Waals surface area contributed by atoms with Gasteiger partial charge in [0.25, 0.3) is 0 Å². The smallest absolute Gasteiger partial charge is 0.161 e. The van der Waals surface area contributed by atoms with Gasteiger partial charge in [0.05, 0.1) is 5.69 Å². The number of phenolic OH excluding ortho intramolecular Hbond substituents is 1. The van der Waals surface area contributed by atoms with Gasteiger partial charge < -0.3 is 15.7 Å². The van der Waals surface area contributed by atoms with Gasteiger partial charge in [-0.15, -0.1) is 0 Å². The maximum atomic E-state index is 9.40. The van der Waals surface area contributed by atoms with Gasteiger partial charge in [-0.25, -0.2) is 9.97 Å². The third kappa shape index (κ3) is 3.71. The third-order valence-electron chi connectivity index (χ3n) is 4.20. The maximum Gasteiger partial charge on any atom is 0.161 e. The van der Waals surface area contributed by atoms with Crippen LogP contribution in [0.1, 0.15) is 18.2 Å². The predicted octanol–water partition coefficient (Wildman–Crippen LogP) is 2.33. The molecule has 7 nitrogen and oxygen atoms in total. The first kappa shape index (κ1) is 16.8. The van der Waals surface area contributed by atoms with Crippen molar-refractivity contribution >= 4 is 11.6 Å². The number of nitrogens with two attached hydrogens (primary N) is 1. The largest absolute Gasteiger partial charge is 0.508 e. The Bertz CT molecular complexity index is 858. The lowest BCUT2D eigenvalue weighted by molar-refractivity contribution is 0.475. The van der Waals surface area contributed by atoms with Crippen molar-refractivity contribution in [2.75, 3.05) is 17.7 Å². The molecule has 0 saturated carbocycles. The van der Waals surface area contributed by atoms with Crippen molar-refractivity contribution in [3.63, 3.8) is 0 Å². The molecule has 7 heteroatoms. The monoisotopic (exact) mass is 338 g/mol. The summed E-state index contributed by atoms with van der Waals surface area (Å²) in [6, 6.07) is 11.1. The molecule has 1 atom stereocenters. The van der Waals surface area contributed by atoms with E-state index in [1.165, 1.54) is 6.33 Å². The van der Waals surface area contributed by atoms with Crippen LogP contribution in [-0.2, 0) is 6.42 Å². The first-order valence-corrected chi connectivity index (χ1v) is 8.09. The lowest BCUT2D eigenvalue weighted by Gasteiger charge is -2.26. The molecule has 0 bridgehead atoms. The fourth-order valence-corrected chi connectivity index (χ4v) is 2.68. The highest BCUT2D eigenvalue weighted by atomic mass is 16.3. The van der Waals surface area contributed by atoms with Gasteiger partial charge >= 0.3 is 0 Å². The Morgan fingerprint density at radius 1 is 1.20 bits per heavy atom. The molecule has 3 aromatic rings. The quantitative estimate of drug-likeness (QED) is 0.741. The molecule has 0 fully saturated rings. The number of likely N-dealkylation sites (N-methyl/N-ethyl adjacent to an activating group) is 1. The van der Waals surface area contributed by atoms with Crippen molar-refractivity contribution in [3.8, 4) is 11.6 Å². The van der Waals surface area contributed by atoms with Gasteiger partial charge in [-0.3, -0.25) is 0 Å². The molecule has 0 amide bonds. The highest BCUT2D eigenvalue weighted by Crippen LogP contribution is 2.19. The number of benzene rings is 1. The lowest BCUT2D eigenvalue weighted by atomic mass is 10.1. The molecule has 2 aromatic heterocycles. The van der Waals surface area contributed by atoms with Crippen LogP contribution in [0.5, 0.6) is 5.75 Å². The van der Waals surface area contributed by atoms with Crippen molar-refractivity contribution < 1.29 is 5.11 Å². The Morgan fingerprint density at radius 2 is 1.92 bits per heavy atom. The van der Waals surface area contributed by atoms with Crippen molar-refractivity contribution in [2.24, 2.45) is 0 Å². The van der Waals surface area contributed by atoms with Crippen LogP contribution in [0.25, 0.3) is 5.82 Å². The van der Waals surface area contributed by atoms with Crippen LogP contribution < -0.4 is 10.6 Å². The number of hydrogen-bond donors (Lipinski definition) is 2. The Hall–Kier alpha value is -3.09. The van der Waals surface area contributed by atoms with Gasteiger partial charge in [-0.2, -0.15) is 9.78 Å². The van der Waals surface area contributed by atoms with E-state index >= 15 is 0 Å². The second-order valence-electron chi connectivity index (χ2n) is 6.19. The molecule has 0 spiro atoms. The molecule has 25 heavy (non-hydrogen) atoms. The Labute approximate surface area is 146 Å². The number of aromatic hydroxyl groups is 1. The second kappa shape index (κ2) is 6.80. The number of phenols is 1. The van der Waals surface area contributed by atoms with Crippen LogP contribution in [0.4, 0.5) is 11.6 Å². The van der Waals surface area contributed by atoms with Crippen molar-refractivity contribution in [3.05, 3.63) is 54.0 Å². The molecule has 0 aliphatic rings. The summed E-state index contributed by atoms with van der Waals surface area (Å²) in [4.78, 5) is 10.7. The van der Waals surface area contributed by atoms with E-state index in [2.05, 4.69) is 26.9 Å². The number of aryl methyl sites for hydroxylation is 1. The fraction of sp³-hybridized carbons (Fsp3) is 0.278. The summed E-state index contributed by atoms with van der Waals surface area (Å²) in [6.45, 7) is 4.02. The van der Waals surface area contributed by atoms with Crippen molar-refractivity contribution in [1.82, 2.24) is 19.7 Å². The number of nitrogens with zero attached hydrogens (tertiary/aromatic N) is 5. The number of aromatic nitrogens is 4. The zero-order chi connectivity index (χ0) is 18.0. The normalized spacial score (nSPS) is 12.1. The van der Waals surface area contributed by atoms with Gasteiger partial charge in [-0.05, 0) is 38.0 Å². The highest BCUT2D eigenvalue weighted by Gasteiger charge is 2.14. The van der Waals surface area contributed by atoms with Gasteiger partial charge in [0.1, 0.15) is 23.7 Å². The molecular weight excluding hydrogens is 316 g/mol. The first-order valence-electron chi connectivity index (χ1n) is 8.09. The summed E-state index contributed by atoms with van der Waals surface area (Å²) in [7, 11) is 1.99. The number of hydrogen-bond acceptors (Lipinski definition) is 6. The van der Waals surface area contributed by atoms with E-state index < -0.39 is 0 Å². The first-order chi connectivity index (χ1) is 11.9. The minimum absolute atomic E-state index is 0.212. The van der Waals surface area contributed by atoms with Crippen LogP contribution >= 0.6 is 0 Å². The fourth-order valence-electron chi connectivity index (χ4n) is 2.68. The summed E-state index contributed by atoms with van der Waals surface area (Å²) in [5.74, 6) is 2.25. The summed E-state index contributed by atoms with van der Waals surface area (Å²) in [5, 5.41) is 13.8. The van der Waals surface area contributed by atoms with Gasteiger partial charge in [-0.1, -0.05) is 12.1 Å². The van der Waals surface area contributed by atoms with Crippen molar-refractivity contribution in [1.29, 1.82) is 0 Å². The maximum absolute atomic E-state index is 9.40. The van der Waals surface area contributed by atoms with Gasteiger partial charge in [0.2, 0.25) is 0 Å². The van der Waals surface area contributed by atoms with E-state index in [0.29, 0.717) is 11.6 Å². The summed E-state index contributed by atoms with van der Waals surface area (Å²) < 4.78 is 1.61. The van der Waals surface area contributed by atoms with E-state index in [1.54, 1.807) is 22.9 Å². The molecule has 1 aromatic carbocycles. The lowest BCUT2D eigenvalue weighted by Crippen LogP contribution is -2.31. The zero-order valence-corrected chi connectivity index (χ0v) is 14.6. The van der Waals surface area contributed by atoms with E-state index in [0.717, 1.165) is 23.5 Å². The average molecular weight is 338 g/mol. The van der Waals surface area contributed by atoms with Crippen LogP contribution in [0, 0.1) is 6.92 Å². The predicted molar refractivity (Wildman–Crippen MR) is 98.0 cm³/mol. The standard InChI is InChI=1S/C18H22N6O/c1-12-8-16(19)24(22-12)18-10-17(20-11-21-18)23(3)13(2)9-14-4-6-15(25)7-5-14/h4-8,10-11,13,25H,9,19H2,1-3H3. The van der Waals surface area contributed by atoms with Gasteiger partial charge in [0.15, 0.2) is 5.82 Å². The summed E-state index contributed by atoms with van der Waals surface area (Å²) >= 11 is 0. The molecule has 0 aliphatic carbocycles. The van der Waals surface area contributed by atoms with E-state index in [-0.39, 0.29) is 11.8 Å². The molecule has 0 radical (unpaired) electrons. The molecular formula is C18H22N6O. The molecule has 130 valence electrons. The topological polar surface area (TPSA) is 93.1 Å². The van der Waals surface area contributed by atoms with Gasteiger partial charge in [0, 0.05) is 25.2 Å². The molecule has 3 N–H and O–H groups in total.